The van der Waals surface area contributed by atoms with Crippen LogP contribution in [0.2, 0.25) is 0 Å². The van der Waals surface area contributed by atoms with Crippen molar-refractivity contribution < 1.29 is 9.90 Å². The fourth-order valence-corrected chi connectivity index (χ4v) is 1.91. The van der Waals surface area contributed by atoms with Crippen molar-refractivity contribution in [1.82, 2.24) is 4.90 Å². The molecule has 0 aromatic heterocycles. The van der Waals surface area contributed by atoms with E-state index in [1.54, 1.807) is 24.3 Å². The van der Waals surface area contributed by atoms with Gasteiger partial charge in [-0.1, -0.05) is 24.4 Å². The Hall–Kier alpha value is -1.50. The summed E-state index contributed by atoms with van der Waals surface area (Å²) in [5.74, 6) is -0.132. The Kier molecular flexibility index (Phi) is 6.57. The Balaban J connectivity index is 2.65. The van der Waals surface area contributed by atoms with Crippen LogP contribution in [0, 0.1) is 0 Å². The van der Waals surface area contributed by atoms with Crippen molar-refractivity contribution in [2.75, 3.05) is 25.0 Å². The second-order valence-corrected chi connectivity index (χ2v) is 5.22. The Morgan fingerprint density at radius 1 is 1.50 bits per heavy atom. The van der Waals surface area contributed by atoms with Crippen molar-refractivity contribution in [3.63, 3.8) is 0 Å². The van der Waals surface area contributed by atoms with E-state index in [1.807, 2.05) is 18.7 Å². The van der Waals surface area contributed by atoms with E-state index in [0.29, 0.717) is 22.8 Å². The molecule has 0 fully saturated rings. The summed E-state index contributed by atoms with van der Waals surface area (Å²) in [6.07, 6.45) is 0. The lowest BCUT2D eigenvalue weighted by Crippen LogP contribution is -2.39. The van der Waals surface area contributed by atoms with Crippen molar-refractivity contribution in [3.8, 4) is 0 Å². The number of amides is 1. The van der Waals surface area contributed by atoms with E-state index in [2.05, 4.69) is 5.32 Å². The number of nitrogens with two attached hydrogens (primary N) is 1. The van der Waals surface area contributed by atoms with E-state index >= 15 is 0 Å². The third-order valence-corrected chi connectivity index (χ3v) is 3.13. The largest absolute Gasteiger partial charge is 0.395 e. The Morgan fingerprint density at radius 3 is 2.75 bits per heavy atom. The minimum atomic E-state index is -0.132. The molecule has 0 radical (unpaired) electrons. The molecule has 0 saturated heterocycles. The van der Waals surface area contributed by atoms with Crippen LogP contribution in [0.5, 0.6) is 0 Å². The van der Waals surface area contributed by atoms with Crippen LogP contribution >= 0.6 is 12.2 Å². The highest BCUT2D eigenvalue weighted by Gasteiger charge is 2.13. The monoisotopic (exact) mass is 295 g/mol. The number of hydrogen-bond acceptors (Lipinski definition) is 4. The summed E-state index contributed by atoms with van der Waals surface area (Å²) in [5.41, 5.74) is 6.93. The van der Waals surface area contributed by atoms with Gasteiger partial charge in [0.15, 0.2) is 0 Å². The molecule has 110 valence electrons. The number of rotatable bonds is 7. The average Bonchev–Trinajstić information content (AvgIpc) is 2.38. The van der Waals surface area contributed by atoms with Gasteiger partial charge in [0.25, 0.3) is 0 Å². The number of carbonyl (C=O) groups excluding carboxylic acids is 1. The van der Waals surface area contributed by atoms with Crippen molar-refractivity contribution in [2.45, 2.75) is 19.9 Å². The molecule has 0 aliphatic rings. The van der Waals surface area contributed by atoms with Crippen LogP contribution in [0.4, 0.5) is 5.69 Å². The lowest BCUT2D eigenvalue weighted by molar-refractivity contribution is -0.117. The summed E-state index contributed by atoms with van der Waals surface area (Å²) in [5, 5.41) is 11.8. The van der Waals surface area contributed by atoms with Crippen LogP contribution in [0.25, 0.3) is 0 Å². The van der Waals surface area contributed by atoms with Crippen molar-refractivity contribution >= 4 is 28.8 Å². The quantitative estimate of drug-likeness (QED) is 0.653. The van der Waals surface area contributed by atoms with Gasteiger partial charge in [-0.15, -0.1) is 0 Å². The molecule has 6 heteroatoms. The van der Waals surface area contributed by atoms with Crippen molar-refractivity contribution in [1.29, 1.82) is 0 Å². The number of anilines is 1. The van der Waals surface area contributed by atoms with Crippen LogP contribution in [0.15, 0.2) is 24.3 Å². The van der Waals surface area contributed by atoms with Crippen LogP contribution in [0.3, 0.4) is 0 Å². The van der Waals surface area contributed by atoms with E-state index in [9.17, 15) is 4.79 Å². The van der Waals surface area contributed by atoms with E-state index in [0.717, 1.165) is 0 Å². The molecule has 0 aliphatic heterocycles. The molecule has 1 aromatic rings. The molecule has 0 saturated carbocycles. The van der Waals surface area contributed by atoms with Gasteiger partial charge < -0.3 is 16.2 Å². The van der Waals surface area contributed by atoms with Crippen molar-refractivity contribution in [3.05, 3.63) is 29.8 Å². The molecular formula is C14H21N3O2S. The summed E-state index contributed by atoms with van der Waals surface area (Å²) >= 11 is 4.90. The number of hydrogen-bond donors (Lipinski definition) is 3. The molecule has 1 amide bonds. The number of aliphatic hydroxyl groups is 1. The first-order chi connectivity index (χ1) is 9.43. The minimum Gasteiger partial charge on any atom is -0.395 e. The molecule has 5 nitrogen and oxygen atoms in total. The van der Waals surface area contributed by atoms with Gasteiger partial charge in [-0.25, -0.2) is 0 Å². The lowest BCUT2D eigenvalue weighted by atomic mass is 10.2. The SMILES string of the molecule is CC(C)N(CCO)CC(=O)Nc1cccc(C(N)=S)c1. The van der Waals surface area contributed by atoms with Crippen LogP contribution in [0.1, 0.15) is 19.4 Å². The zero-order valence-corrected chi connectivity index (χ0v) is 12.6. The molecule has 0 unspecified atom stereocenters. The highest BCUT2D eigenvalue weighted by atomic mass is 32.1. The second kappa shape index (κ2) is 7.94. The normalized spacial score (nSPS) is 10.8. The molecule has 1 rings (SSSR count). The van der Waals surface area contributed by atoms with Gasteiger partial charge in [0, 0.05) is 23.8 Å². The number of aliphatic hydroxyl groups excluding tert-OH is 1. The minimum absolute atomic E-state index is 0.0301. The standard InChI is InChI=1S/C14H21N3O2S/c1-10(2)17(6-7-18)9-13(19)16-12-5-3-4-11(8-12)14(15)20/h3-5,8,10,18H,6-7,9H2,1-2H3,(H2,15,20)(H,16,19). The fourth-order valence-electron chi connectivity index (χ4n) is 1.78. The van der Waals surface area contributed by atoms with Gasteiger partial charge in [0.05, 0.1) is 13.2 Å². The summed E-state index contributed by atoms with van der Waals surface area (Å²) in [4.78, 5) is 14.2. The molecule has 0 spiro atoms. The molecule has 20 heavy (non-hydrogen) atoms. The van der Waals surface area contributed by atoms with Gasteiger partial charge in [0.2, 0.25) is 5.91 Å². The maximum absolute atomic E-state index is 12.0. The Labute approximate surface area is 124 Å². The van der Waals surface area contributed by atoms with E-state index in [-0.39, 0.29) is 25.1 Å². The maximum Gasteiger partial charge on any atom is 0.238 e. The average molecular weight is 295 g/mol. The zero-order chi connectivity index (χ0) is 15.1. The third-order valence-electron chi connectivity index (χ3n) is 2.90. The molecule has 0 heterocycles. The van der Waals surface area contributed by atoms with Gasteiger partial charge in [-0.3, -0.25) is 9.69 Å². The highest BCUT2D eigenvalue weighted by Crippen LogP contribution is 2.11. The first-order valence-electron chi connectivity index (χ1n) is 6.48. The second-order valence-electron chi connectivity index (χ2n) is 4.78. The van der Waals surface area contributed by atoms with Gasteiger partial charge in [-0.05, 0) is 26.0 Å². The van der Waals surface area contributed by atoms with Crippen LogP contribution < -0.4 is 11.1 Å². The summed E-state index contributed by atoms with van der Waals surface area (Å²) < 4.78 is 0. The zero-order valence-electron chi connectivity index (χ0n) is 11.8. The smallest absolute Gasteiger partial charge is 0.238 e. The van der Waals surface area contributed by atoms with E-state index in [1.165, 1.54) is 0 Å². The molecule has 0 aliphatic carbocycles. The fraction of sp³-hybridized carbons (Fsp3) is 0.429. The molecule has 1 aromatic carbocycles. The maximum atomic E-state index is 12.0. The van der Waals surface area contributed by atoms with Crippen molar-refractivity contribution in [2.24, 2.45) is 5.73 Å². The third kappa shape index (κ3) is 5.24. The number of nitrogens with zero attached hydrogens (tertiary/aromatic N) is 1. The molecule has 4 N–H and O–H groups in total. The Bertz CT molecular complexity index is 477. The highest BCUT2D eigenvalue weighted by molar-refractivity contribution is 7.80. The molecular weight excluding hydrogens is 274 g/mol. The summed E-state index contributed by atoms with van der Waals surface area (Å²) in [6, 6.07) is 7.30. The number of nitrogens with one attached hydrogen (secondary N) is 1. The van der Waals surface area contributed by atoms with Gasteiger partial charge >= 0.3 is 0 Å². The Morgan fingerprint density at radius 2 is 2.20 bits per heavy atom. The predicted molar refractivity (Wildman–Crippen MR) is 84.8 cm³/mol. The lowest BCUT2D eigenvalue weighted by Gasteiger charge is -2.24. The topological polar surface area (TPSA) is 78.6 Å². The van der Waals surface area contributed by atoms with Crippen LogP contribution in [-0.2, 0) is 4.79 Å². The van der Waals surface area contributed by atoms with E-state index < -0.39 is 0 Å². The number of thiocarbonyl (C=S) groups is 1. The number of carbonyl (C=O) groups is 1. The number of benzene rings is 1. The van der Waals surface area contributed by atoms with Gasteiger partial charge in [-0.2, -0.15) is 0 Å². The molecule has 0 bridgehead atoms. The first kappa shape index (κ1) is 16.6. The van der Waals surface area contributed by atoms with E-state index in [4.69, 9.17) is 23.1 Å². The van der Waals surface area contributed by atoms with Gasteiger partial charge in [0.1, 0.15) is 4.99 Å². The first-order valence-corrected chi connectivity index (χ1v) is 6.89. The summed E-state index contributed by atoms with van der Waals surface area (Å²) in [6.45, 7) is 4.70. The van der Waals surface area contributed by atoms with Crippen LogP contribution in [-0.4, -0.2) is 46.6 Å². The molecule has 0 atom stereocenters. The summed E-state index contributed by atoms with van der Waals surface area (Å²) in [7, 11) is 0. The predicted octanol–water partition coefficient (Wildman–Crippen LogP) is 0.962.